The Labute approximate surface area is 122 Å². The Balaban J connectivity index is 1.98. The van der Waals surface area contributed by atoms with Gasteiger partial charge in [0, 0.05) is 19.6 Å². The molecule has 1 aromatic rings. The number of hydrogen-bond donors (Lipinski definition) is 0. The van der Waals surface area contributed by atoms with Gasteiger partial charge in [-0.25, -0.2) is 9.48 Å². The second-order valence-electron chi connectivity index (χ2n) is 4.42. The van der Waals surface area contributed by atoms with Crippen LogP contribution in [0.15, 0.2) is 0 Å². The van der Waals surface area contributed by atoms with Crippen LogP contribution in [0.2, 0.25) is 0 Å². The van der Waals surface area contributed by atoms with Gasteiger partial charge >= 0.3 is 5.97 Å². The molecular weight excluding hydrogens is 284 g/mol. The molecule has 1 saturated heterocycles. The lowest BCUT2D eigenvalue weighted by Crippen LogP contribution is -2.38. The SMILES string of the molecule is CCOC(=O)c1nnn(CCN2CCOCC2)c1CCl. The van der Waals surface area contributed by atoms with Gasteiger partial charge in [-0.1, -0.05) is 5.21 Å². The maximum Gasteiger partial charge on any atom is 0.360 e. The summed E-state index contributed by atoms with van der Waals surface area (Å²) in [4.78, 5) is 14.0. The molecule has 0 atom stereocenters. The van der Waals surface area contributed by atoms with Gasteiger partial charge < -0.3 is 9.47 Å². The summed E-state index contributed by atoms with van der Waals surface area (Å²) in [5, 5.41) is 7.88. The van der Waals surface area contributed by atoms with Crippen molar-refractivity contribution in [3.63, 3.8) is 0 Å². The van der Waals surface area contributed by atoms with E-state index in [0.717, 1.165) is 32.8 Å². The molecule has 0 amide bonds. The maximum atomic E-state index is 11.7. The van der Waals surface area contributed by atoms with E-state index in [2.05, 4.69) is 15.2 Å². The van der Waals surface area contributed by atoms with E-state index in [1.54, 1.807) is 11.6 Å². The fourth-order valence-electron chi connectivity index (χ4n) is 2.06. The second-order valence-corrected chi connectivity index (χ2v) is 4.68. The zero-order chi connectivity index (χ0) is 14.4. The number of hydrogen-bond acceptors (Lipinski definition) is 6. The molecule has 0 N–H and O–H groups in total. The number of rotatable bonds is 6. The Hall–Kier alpha value is -1.18. The third-order valence-electron chi connectivity index (χ3n) is 3.16. The van der Waals surface area contributed by atoms with Crippen LogP contribution in [-0.4, -0.2) is 65.3 Å². The van der Waals surface area contributed by atoms with E-state index in [-0.39, 0.29) is 11.6 Å². The Morgan fingerprint density at radius 3 is 2.80 bits per heavy atom. The third kappa shape index (κ3) is 3.68. The molecule has 1 fully saturated rings. The number of alkyl halides is 1. The Kier molecular flexibility index (Phi) is 5.75. The van der Waals surface area contributed by atoms with E-state index in [4.69, 9.17) is 21.1 Å². The van der Waals surface area contributed by atoms with Crippen LogP contribution in [0.25, 0.3) is 0 Å². The predicted octanol–water partition coefficient (Wildman–Crippen LogP) is 0.526. The second kappa shape index (κ2) is 7.56. The minimum Gasteiger partial charge on any atom is -0.461 e. The molecular formula is C12H19ClN4O3. The zero-order valence-electron chi connectivity index (χ0n) is 11.5. The standard InChI is InChI=1S/C12H19ClN4O3/c1-2-20-12(18)11-10(9-13)17(15-14-11)4-3-16-5-7-19-8-6-16/h2-9H2,1H3. The molecule has 2 heterocycles. The maximum absolute atomic E-state index is 11.7. The van der Waals surface area contributed by atoms with Crippen molar-refractivity contribution < 1.29 is 14.3 Å². The first-order valence-electron chi connectivity index (χ1n) is 6.71. The third-order valence-corrected chi connectivity index (χ3v) is 3.42. The molecule has 7 nitrogen and oxygen atoms in total. The number of esters is 1. The van der Waals surface area contributed by atoms with Crippen LogP contribution in [0.1, 0.15) is 23.1 Å². The number of halogens is 1. The zero-order valence-corrected chi connectivity index (χ0v) is 12.3. The van der Waals surface area contributed by atoms with Gasteiger partial charge in [-0.3, -0.25) is 4.90 Å². The summed E-state index contributed by atoms with van der Waals surface area (Å²) in [5.74, 6) is -0.287. The summed E-state index contributed by atoms with van der Waals surface area (Å²) in [6, 6.07) is 0. The minimum atomic E-state index is -0.472. The van der Waals surface area contributed by atoms with Crippen molar-refractivity contribution in [1.82, 2.24) is 19.9 Å². The van der Waals surface area contributed by atoms with Gasteiger partial charge in [0.15, 0.2) is 5.69 Å². The molecule has 1 aliphatic rings. The summed E-state index contributed by atoms with van der Waals surface area (Å²) in [5.41, 5.74) is 0.821. The van der Waals surface area contributed by atoms with Crippen molar-refractivity contribution in [3.05, 3.63) is 11.4 Å². The van der Waals surface area contributed by atoms with Crippen molar-refractivity contribution in [2.45, 2.75) is 19.3 Å². The Morgan fingerprint density at radius 2 is 2.15 bits per heavy atom. The first kappa shape index (κ1) is 15.2. The number of carbonyl (C=O) groups is 1. The quantitative estimate of drug-likeness (QED) is 0.564. The average molecular weight is 303 g/mol. The van der Waals surface area contributed by atoms with Gasteiger partial charge in [0.25, 0.3) is 0 Å². The van der Waals surface area contributed by atoms with Gasteiger partial charge in [0.1, 0.15) is 0 Å². The number of morpholine rings is 1. The van der Waals surface area contributed by atoms with E-state index < -0.39 is 5.97 Å². The lowest BCUT2D eigenvalue weighted by molar-refractivity contribution is 0.0358. The smallest absolute Gasteiger partial charge is 0.360 e. The Morgan fingerprint density at radius 1 is 1.40 bits per heavy atom. The highest BCUT2D eigenvalue weighted by Gasteiger charge is 2.20. The monoisotopic (exact) mass is 302 g/mol. The van der Waals surface area contributed by atoms with Crippen molar-refractivity contribution in [2.75, 3.05) is 39.5 Å². The highest BCUT2D eigenvalue weighted by Crippen LogP contribution is 2.11. The molecule has 2 rings (SSSR count). The molecule has 0 aromatic carbocycles. The highest BCUT2D eigenvalue weighted by molar-refractivity contribution is 6.17. The molecule has 0 unspecified atom stereocenters. The summed E-state index contributed by atoms with van der Waals surface area (Å²) < 4.78 is 11.9. The summed E-state index contributed by atoms with van der Waals surface area (Å²) >= 11 is 5.90. The molecule has 20 heavy (non-hydrogen) atoms. The molecule has 0 bridgehead atoms. The lowest BCUT2D eigenvalue weighted by atomic mass is 10.3. The van der Waals surface area contributed by atoms with Crippen LogP contribution in [0.3, 0.4) is 0 Å². The van der Waals surface area contributed by atoms with Crippen LogP contribution in [-0.2, 0) is 21.9 Å². The molecule has 1 aromatic heterocycles. The fraction of sp³-hybridized carbons (Fsp3) is 0.750. The van der Waals surface area contributed by atoms with Crippen LogP contribution < -0.4 is 0 Å². The normalized spacial score (nSPS) is 16.3. The molecule has 0 aliphatic carbocycles. The predicted molar refractivity (Wildman–Crippen MR) is 72.8 cm³/mol. The first-order valence-corrected chi connectivity index (χ1v) is 7.25. The van der Waals surface area contributed by atoms with Crippen LogP contribution in [0.5, 0.6) is 0 Å². The number of carbonyl (C=O) groups excluding carboxylic acids is 1. The van der Waals surface area contributed by atoms with Crippen LogP contribution in [0, 0.1) is 0 Å². The topological polar surface area (TPSA) is 69.5 Å². The molecule has 0 saturated carbocycles. The van der Waals surface area contributed by atoms with Gasteiger partial charge in [-0.15, -0.1) is 16.7 Å². The molecule has 112 valence electrons. The van der Waals surface area contributed by atoms with Gasteiger partial charge in [-0.05, 0) is 6.92 Å². The molecule has 1 aliphatic heterocycles. The van der Waals surface area contributed by atoms with Crippen molar-refractivity contribution in [3.8, 4) is 0 Å². The highest BCUT2D eigenvalue weighted by atomic mass is 35.5. The van der Waals surface area contributed by atoms with Crippen LogP contribution in [0.4, 0.5) is 0 Å². The molecule has 0 radical (unpaired) electrons. The van der Waals surface area contributed by atoms with Gasteiger partial charge in [0.2, 0.25) is 0 Å². The minimum absolute atomic E-state index is 0.185. The van der Waals surface area contributed by atoms with E-state index in [0.29, 0.717) is 18.8 Å². The molecule has 0 spiro atoms. The molecule has 8 heteroatoms. The first-order chi connectivity index (χ1) is 9.76. The summed E-state index contributed by atoms with van der Waals surface area (Å²) in [7, 11) is 0. The van der Waals surface area contributed by atoms with Gasteiger partial charge in [0.05, 0.1) is 37.9 Å². The summed E-state index contributed by atoms with van der Waals surface area (Å²) in [6.45, 7) is 6.88. The average Bonchev–Trinajstić information content (AvgIpc) is 2.89. The number of nitrogens with zero attached hydrogens (tertiary/aromatic N) is 4. The van der Waals surface area contributed by atoms with Crippen LogP contribution >= 0.6 is 11.6 Å². The number of aromatic nitrogens is 3. The van der Waals surface area contributed by atoms with Crippen molar-refractivity contribution >= 4 is 17.6 Å². The largest absolute Gasteiger partial charge is 0.461 e. The van der Waals surface area contributed by atoms with E-state index in [9.17, 15) is 4.79 Å². The van der Waals surface area contributed by atoms with Gasteiger partial charge in [-0.2, -0.15) is 0 Å². The van der Waals surface area contributed by atoms with E-state index in [1.165, 1.54) is 0 Å². The Bertz CT molecular complexity index is 446. The fourth-order valence-corrected chi connectivity index (χ4v) is 2.33. The van der Waals surface area contributed by atoms with E-state index >= 15 is 0 Å². The number of ether oxygens (including phenoxy) is 2. The summed E-state index contributed by atoms with van der Waals surface area (Å²) in [6.07, 6.45) is 0. The lowest BCUT2D eigenvalue weighted by Gasteiger charge is -2.26. The van der Waals surface area contributed by atoms with Crippen molar-refractivity contribution in [1.29, 1.82) is 0 Å². The van der Waals surface area contributed by atoms with Crippen molar-refractivity contribution in [2.24, 2.45) is 0 Å². The van der Waals surface area contributed by atoms with E-state index in [1.807, 2.05) is 0 Å².